The van der Waals surface area contributed by atoms with Crippen LogP contribution in [0.1, 0.15) is 0 Å². The lowest BCUT2D eigenvalue weighted by Gasteiger charge is -2.14. The van der Waals surface area contributed by atoms with Crippen molar-refractivity contribution in [2.24, 2.45) is 0 Å². The minimum atomic E-state index is 0.0795. The summed E-state index contributed by atoms with van der Waals surface area (Å²) in [5, 5.41) is 11.8. The van der Waals surface area contributed by atoms with E-state index in [0.717, 1.165) is 12.2 Å². The highest BCUT2D eigenvalue weighted by Gasteiger charge is 1.96. The zero-order chi connectivity index (χ0) is 11.8. The molecule has 1 aromatic rings. The molecule has 0 fully saturated rings. The Balaban J connectivity index is 2.33. The summed E-state index contributed by atoms with van der Waals surface area (Å²) in [5.41, 5.74) is 2.25. The topological polar surface area (TPSA) is 44.7 Å². The van der Waals surface area contributed by atoms with Gasteiger partial charge < -0.3 is 20.1 Å². The van der Waals surface area contributed by atoms with E-state index < -0.39 is 0 Å². The van der Waals surface area contributed by atoms with Gasteiger partial charge in [0.1, 0.15) is 0 Å². The van der Waals surface area contributed by atoms with Gasteiger partial charge in [-0.1, -0.05) is 6.07 Å². The molecule has 0 aromatic heterocycles. The Labute approximate surface area is 96.8 Å². The van der Waals surface area contributed by atoms with Crippen LogP contribution in [0.25, 0.3) is 0 Å². The number of nitrogens with one attached hydrogen (secondary N) is 1. The van der Waals surface area contributed by atoms with E-state index in [0.29, 0.717) is 13.2 Å². The van der Waals surface area contributed by atoms with Crippen LogP contribution in [-0.4, -0.2) is 45.6 Å². The van der Waals surface area contributed by atoms with E-state index in [1.165, 1.54) is 5.69 Å². The van der Waals surface area contributed by atoms with E-state index in [4.69, 9.17) is 9.84 Å². The summed E-state index contributed by atoms with van der Waals surface area (Å²) >= 11 is 0. The molecule has 0 spiro atoms. The minimum Gasteiger partial charge on any atom is -0.394 e. The number of hydrogen-bond acceptors (Lipinski definition) is 4. The number of hydrogen-bond donors (Lipinski definition) is 2. The average Bonchev–Trinajstić information content (AvgIpc) is 2.29. The Hall–Kier alpha value is -1.26. The molecule has 0 atom stereocenters. The van der Waals surface area contributed by atoms with E-state index in [2.05, 4.69) is 22.3 Å². The molecule has 0 aliphatic heterocycles. The van der Waals surface area contributed by atoms with E-state index in [1.54, 1.807) is 0 Å². The smallest absolute Gasteiger partial charge is 0.0698 e. The summed E-state index contributed by atoms with van der Waals surface area (Å²) in [7, 11) is 4.03. The highest BCUT2D eigenvalue weighted by molar-refractivity contribution is 5.57. The molecule has 0 radical (unpaired) electrons. The van der Waals surface area contributed by atoms with Crippen LogP contribution in [0, 0.1) is 0 Å². The fraction of sp³-hybridized carbons (Fsp3) is 0.500. The summed E-state index contributed by atoms with van der Waals surface area (Å²) in [6.45, 7) is 1.83. The highest BCUT2D eigenvalue weighted by atomic mass is 16.5. The monoisotopic (exact) mass is 224 g/mol. The maximum absolute atomic E-state index is 8.53. The van der Waals surface area contributed by atoms with Crippen molar-refractivity contribution < 1.29 is 9.84 Å². The molecular weight excluding hydrogens is 204 g/mol. The number of ether oxygens (including phenoxy) is 1. The van der Waals surface area contributed by atoms with E-state index in [-0.39, 0.29) is 6.61 Å². The highest BCUT2D eigenvalue weighted by Crippen LogP contribution is 2.16. The maximum atomic E-state index is 8.53. The van der Waals surface area contributed by atoms with Crippen LogP contribution in [0.5, 0.6) is 0 Å². The summed E-state index contributed by atoms with van der Waals surface area (Å²) in [6, 6.07) is 8.20. The summed E-state index contributed by atoms with van der Waals surface area (Å²) in [4.78, 5) is 2.06. The lowest BCUT2D eigenvalue weighted by atomic mass is 10.2. The third-order valence-corrected chi connectivity index (χ3v) is 2.17. The van der Waals surface area contributed by atoms with Gasteiger partial charge in [-0.2, -0.15) is 0 Å². The summed E-state index contributed by atoms with van der Waals surface area (Å²) < 4.78 is 5.16. The molecule has 1 rings (SSSR count). The van der Waals surface area contributed by atoms with Crippen LogP contribution in [0.15, 0.2) is 24.3 Å². The van der Waals surface area contributed by atoms with Gasteiger partial charge in [0.15, 0.2) is 0 Å². The van der Waals surface area contributed by atoms with Crippen molar-refractivity contribution >= 4 is 11.4 Å². The molecule has 90 valence electrons. The first-order valence-corrected chi connectivity index (χ1v) is 5.44. The molecule has 0 heterocycles. The Kier molecular flexibility index (Phi) is 5.67. The normalized spacial score (nSPS) is 10.2. The number of nitrogens with zero attached hydrogens (tertiary/aromatic N) is 1. The minimum absolute atomic E-state index is 0.0795. The number of anilines is 2. The maximum Gasteiger partial charge on any atom is 0.0698 e. The fourth-order valence-corrected chi connectivity index (χ4v) is 1.33. The van der Waals surface area contributed by atoms with Gasteiger partial charge in [0.25, 0.3) is 0 Å². The number of rotatable bonds is 7. The lowest BCUT2D eigenvalue weighted by Crippen LogP contribution is -2.12. The predicted molar refractivity (Wildman–Crippen MR) is 67.2 cm³/mol. The van der Waals surface area contributed by atoms with Crippen LogP contribution >= 0.6 is 0 Å². The lowest BCUT2D eigenvalue weighted by molar-refractivity contribution is 0.0992. The Bertz CT molecular complexity index is 303. The molecule has 16 heavy (non-hydrogen) atoms. The zero-order valence-corrected chi connectivity index (χ0v) is 9.94. The van der Waals surface area contributed by atoms with Crippen molar-refractivity contribution in [1.82, 2.24) is 0 Å². The first kappa shape index (κ1) is 12.8. The van der Waals surface area contributed by atoms with Crippen molar-refractivity contribution in [2.45, 2.75) is 0 Å². The van der Waals surface area contributed by atoms with Gasteiger partial charge in [-0.15, -0.1) is 0 Å². The molecule has 0 saturated heterocycles. The van der Waals surface area contributed by atoms with Crippen LogP contribution in [-0.2, 0) is 4.74 Å². The quantitative estimate of drug-likeness (QED) is 0.683. The van der Waals surface area contributed by atoms with E-state index in [9.17, 15) is 0 Å². The van der Waals surface area contributed by atoms with Crippen molar-refractivity contribution in [3.8, 4) is 0 Å². The second-order valence-electron chi connectivity index (χ2n) is 3.71. The Morgan fingerprint density at radius 2 is 2.12 bits per heavy atom. The second kappa shape index (κ2) is 7.09. The van der Waals surface area contributed by atoms with Gasteiger partial charge in [-0.3, -0.25) is 0 Å². The number of aliphatic hydroxyl groups excluding tert-OH is 1. The van der Waals surface area contributed by atoms with Gasteiger partial charge in [0.05, 0.1) is 19.8 Å². The summed E-state index contributed by atoms with van der Waals surface area (Å²) in [5.74, 6) is 0. The van der Waals surface area contributed by atoms with Crippen molar-refractivity contribution in [2.75, 3.05) is 50.7 Å². The largest absolute Gasteiger partial charge is 0.394 e. The zero-order valence-electron chi connectivity index (χ0n) is 9.94. The van der Waals surface area contributed by atoms with Crippen molar-refractivity contribution in [3.05, 3.63) is 24.3 Å². The number of benzene rings is 1. The van der Waals surface area contributed by atoms with Crippen molar-refractivity contribution in [1.29, 1.82) is 0 Å². The first-order valence-electron chi connectivity index (χ1n) is 5.44. The first-order chi connectivity index (χ1) is 7.74. The van der Waals surface area contributed by atoms with Gasteiger partial charge in [-0.25, -0.2) is 0 Å². The molecule has 0 amide bonds. The van der Waals surface area contributed by atoms with Crippen molar-refractivity contribution in [3.63, 3.8) is 0 Å². The van der Waals surface area contributed by atoms with E-state index >= 15 is 0 Å². The Morgan fingerprint density at radius 1 is 1.31 bits per heavy atom. The molecule has 0 saturated carbocycles. The van der Waals surface area contributed by atoms with Gasteiger partial charge in [-0.05, 0) is 18.2 Å². The van der Waals surface area contributed by atoms with Crippen LogP contribution in [0.3, 0.4) is 0 Å². The summed E-state index contributed by atoms with van der Waals surface area (Å²) in [6.07, 6.45) is 0. The Morgan fingerprint density at radius 3 is 2.81 bits per heavy atom. The molecule has 0 bridgehead atoms. The fourth-order valence-electron chi connectivity index (χ4n) is 1.33. The van der Waals surface area contributed by atoms with Crippen LogP contribution < -0.4 is 10.2 Å². The molecule has 2 N–H and O–H groups in total. The molecule has 4 heteroatoms. The van der Waals surface area contributed by atoms with Crippen LogP contribution in [0.4, 0.5) is 11.4 Å². The van der Waals surface area contributed by atoms with Gasteiger partial charge in [0, 0.05) is 32.0 Å². The molecule has 4 nitrogen and oxygen atoms in total. The second-order valence-corrected chi connectivity index (χ2v) is 3.71. The SMILES string of the molecule is CN(C)c1cccc(NCCOCCO)c1. The third kappa shape index (κ3) is 4.51. The third-order valence-electron chi connectivity index (χ3n) is 2.17. The standard InChI is InChI=1S/C12H20N2O2/c1-14(2)12-5-3-4-11(10-12)13-6-8-16-9-7-15/h3-5,10,13,15H,6-9H2,1-2H3. The molecule has 0 aliphatic carbocycles. The van der Waals surface area contributed by atoms with E-state index in [1.807, 2.05) is 26.2 Å². The van der Waals surface area contributed by atoms with Gasteiger partial charge >= 0.3 is 0 Å². The predicted octanol–water partition coefficient (Wildman–Crippen LogP) is 1.17. The number of aliphatic hydroxyl groups is 1. The average molecular weight is 224 g/mol. The van der Waals surface area contributed by atoms with Crippen LogP contribution in [0.2, 0.25) is 0 Å². The molecule has 0 aliphatic rings. The molecule has 0 unspecified atom stereocenters. The molecule has 1 aromatic carbocycles. The molecular formula is C12H20N2O2. The van der Waals surface area contributed by atoms with Gasteiger partial charge in [0.2, 0.25) is 0 Å².